The Hall–Kier alpha value is -1.11. The molecule has 0 amide bonds. The van der Waals surface area contributed by atoms with E-state index in [9.17, 15) is 4.79 Å². The molecule has 8 heteroatoms. The highest BCUT2D eigenvalue weighted by molar-refractivity contribution is 6.35. The third kappa shape index (κ3) is 2.12. The van der Waals surface area contributed by atoms with Gasteiger partial charge in [0.2, 0.25) is 5.28 Å². The Kier molecular flexibility index (Phi) is 3.48. The van der Waals surface area contributed by atoms with Gasteiger partial charge in [0, 0.05) is 13.7 Å². The number of aryl methyl sites for hydroxylation is 1. The Balaban J connectivity index is 2.25. The summed E-state index contributed by atoms with van der Waals surface area (Å²) in [5, 5.41) is 0.217. The van der Waals surface area contributed by atoms with Crippen LogP contribution in [0.4, 0.5) is 0 Å². The van der Waals surface area contributed by atoms with E-state index in [4.69, 9.17) is 27.9 Å². The number of fused-ring (bicyclic) bond motifs is 1. The van der Waals surface area contributed by atoms with Crippen molar-refractivity contribution < 1.29 is 4.74 Å². The van der Waals surface area contributed by atoms with E-state index >= 15 is 0 Å². The van der Waals surface area contributed by atoms with Gasteiger partial charge in [0.15, 0.2) is 10.8 Å². The third-order valence-electron chi connectivity index (χ3n) is 3.60. The van der Waals surface area contributed by atoms with Gasteiger partial charge < -0.3 is 4.74 Å². The second-order valence-corrected chi connectivity index (χ2v) is 5.90. The average molecular weight is 317 g/mol. The van der Waals surface area contributed by atoms with Gasteiger partial charge in [-0.25, -0.2) is 9.78 Å². The molecular formula is C12H14Cl2N4O2. The zero-order chi connectivity index (χ0) is 14.4. The van der Waals surface area contributed by atoms with Crippen LogP contribution in [-0.4, -0.2) is 32.3 Å². The van der Waals surface area contributed by atoms with Crippen molar-refractivity contribution in [3.05, 3.63) is 20.9 Å². The molecule has 1 aliphatic heterocycles. The van der Waals surface area contributed by atoms with Crippen LogP contribution in [0.5, 0.6) is 0 Å². The van der Waals surface area contributed by atoms with E-state index < -0.39 is 0 Å². The molecule has 2 aromatic rings. The maximum Gasteiger partial charge on any atom is 0.330 e. The molecule has 0 spiro atoms. The SMILES string of the molecule is C[C@@H]1COC[C@H](n2c(=O)n(C)c3c(Cl)nc(Cl)nc32)C1. The van der Waals surface area contributed by atoms with Crippen molar-refractivity contribution in [3.8, 4) is 0 Å². The average Bonchev–Trinajstić information content (AvgIpc) is 2.61. The predicted molar refractivity (Wildman–Crippen MR) is 76.4 cm³/mol. The second-order valence-electron chi connectivity index (χ2n) is 5.20. The summed E-state index contributed by atoms with van der Waals surface area (Å²) in [6, 6.07) is -0.0583. The van der Waals surface area contributed by atoms with Gasteiger partial charge in [-0.1, -0.05) is 18.5 Å². The fourth-order valence-corrected chi connectivity index (χ4v) is 3.21. The molecule has 3 heterocycles. The first kappa shape index (κ1) is 13.9. The van der Waals surface area contributed by atoms with E-state index in [1.165, 1.54) is 4.57 Å². The maximum absolute atomic E-state index is 12.5. The molecule has 0 aliphatic carbocycles. The van der Waals surface area contributed by atoms with Gasteiger partial charge in [-0.3, -0.25) is 9.13 Å². The monoisotopic (exact) mass is 316 g/mol. The summed E-state index contributed by atoms with van der Waals surface area (Å²) >= 11 is 11.9. The Labute approximate surface area is 125 Å². The van der Waals surface area contributed by atoms with Crippen LogP contribution in [0, 0.1) is 5.92 Å². The Morgan fingerprint density at radius 3 is 2.75 bits per heavy atom. The van der Waals surface area contributed by atoms with Gasteiger partial charge in [-0.15, -0.1) is 0 Å². The fraction of sp³-hybridized carbons (Fsp3) is 0.583. The van der Waals surface area contributed by atoms with E-state index in [-0.39, 0.29) is 22.2 Å². The molecule has 0 saturated carbocycles. The summed E-state index contributed by atoms with van der Waals surface area (Å²) < 4.78 is 8.61. The molecule has 2 aromatic heterocycles. The van der Waals surface area contributed by atoms with E-state index in [1.807, 2.05) is 0 Å². The van der Waals surface area contributed by atoms with Crippen LogP contribution in [0.3, 0.4) is 0 Å². The largest absolute Gasteiger partial charge is 0.379 e. The molecule has 0 N–H and O–H groups in total. The zero-order valence-electron chi connectivity index (χ0n) is 11.1. The summed E-state index contributed by atoms with van der Waals surface area (Å²) in [4.78, 5) is 20.5. The van der Waals surface area contributed by atoms with Gasteiger partial charge in [-0.05, 0) is 23.9 Å². The third-order valence-corrected chi connectivity index (χ3v) is 4.04. The molecular weight excluding hydrogens is 303 g/mol. The topological polar surface area (TPSA) is 61.9 Å². The standard InChI is InChI=1S/C12H14Cl2N4O2/c1-6-3-7(5-20-4-6)18-10-8(17(2)12(18)19)9(13)15-11(14)16-10/h6-7H,3-5H2,1-2H3/t6-,7+/m0/s1. The highest BCUT2D eigenvalue weighted by Gasteiger charge is 2.27. The summed E-state index contributed by atoms with van der Waals surface area (Å²) in [6.45, 7) is 3.30. The van der Waals surface area contributed by atoms with Gasteiger partial charge in [0.25, 0.3) is 0 Å². The highest BCUT2D eigenvalue weighted by Crippen LogP contribution is 2.28. The number of hydrogen-bond donors (Lipinski definition) is 0. The van der Waals surface area contributed by atoms with Crippen LogP contribution in [0.1, 0.15) is 19.4 Å². The summed E-state index contributed by atoms with van der Waals surface area (Å²) in [7, 11) is 1.65. The second kappa shape index (κ2) is 5.02. The lowest BCUT2D eigenvalue weighted by molar-refractivity contribution is 0.0257. The minimum Gasteiger partial charge on any atom is -0.379 e. The molecule has 0 aromatic carbocycles. The smallest absolute Gasteiger partial charge is 0.330 e. The van der Waals surface area contributed by atoms with Crippen molar-refractivity contribution >= 4 is 34.4 Å². The normalized spacial score (nSPS) is 23.4. The molecule has 108 valence electrons. The molecule has 0 radical (unpaired) electrons. The maximum atomic E-state index is 12.5. The van der Waals surface area contributed by atoms with Gasteiger partial charge >= 0.3 is 5.69 Å². The number of hydrogen-bond acceptors (Lipinski definition) is 4. The highest BCUT2D eigenvalue weighted by atomic mass is 35.5. The first-order chi connectivity index (χ1) is 9.49. The first-order valence-electron chi connectivity index (χ1n) is 6.36. The first-order valence-corrected chi connectivity index (χ1v) is 7.12. The number of aromatic nitrogens is 4. The summed E-state index contributed by atoms with van der Waals surface area (Å²) in [5.41, 5.74) is 0.783. The van der Waals surface area contributed by atoms with E-state index in [1.54, 1.807) is 11.6 Å². The van der Waals surface area contributed by atoms with Gasteiger partial charge in [-0.2, -0.15) is 4.98 Å². The van der Waals surface area contributed by atoms with Crippen molar-refractivity contribution in [2.24, 2.45) is 13.0 Å². The zero-order valence-corrected chi connectivity index (χ0v) is 12.6. The fourth-order valence-electron chi connectivity index (χ4n) is 2.71. The van der Waals surface area contributed by atoms with E-state index in [2.05, 4.69) is 16.9 Å². The minimum absolute atomic E-state index is 0.0339. The van der Waals surface area contributed by atoms with Crippen LogP contribution >= 0.6 is 23.2 Å². The lowest BCUT2D eigenvalue weighted by Crippen LogP contribution is -2.33. The molecule has 0 unspecified atom stereocenters. The van der Waals surface area contributed by atoms with Crippen LogP contribution in [-0.2, 0) is 11.8 Å². The van der Waals surface area contributed by atoms with Crippen LogP contribution in [0.25, 0.3) is 11.2 Å². The molecule has 2 atom stereocenters. The van der Waals surface area contributed by atoms with Crippen molar-refractivity contribution in [2.75, 3.05) is 13.2 Å². The van der Waals surface area contributed by atoms with Crippen molar-refractivity contribution in [2.45, 2.75) is 19.4 Å². The van der Waals surface area contributed by atoms with E-state index in [0.717, 1.165) is 6.42 Å². The molecule has 6 nitrogen and oxygen atoms in total. The number of halogens is 2. The molecule has 1 saturated heterocycles. The van der Waals surface area contributed by atoms with Crippen LogP contribution in [0.2, 0.25) is 10.4 Å². The quantitative estimate of drug-likeness (QED) is 0.596. The number of nitrogens with zero attached hydrogens (tertiary/aromatic N) is 4. The van der Waals surface area contributed by atoms with Crippen LogP contribution < -0.4 is 5.69 Å². The van der Waals surface area contributed by atoms with Crippen molar-refractivity contribution in [1.29, 1.82) is 0 Å². The van der Waals surface area contributed by atoms with Gasteiger partial charge in [0.1, 0.15) is 5.52 Å². The van der Waals surface area contributed by atoms with Crippen molar-refractivity contribution in [1.82, 2.24) is 19.1 Å². The van der Waals surface area contributed by atoms with E-state index in [0.29, 0.717) is 30.3 Å². The van der Waals surface area contributed by atoms with Gasteiger partial charge in [0.05, 0.1) is 12.6 Å². The lowest BCUT2D eigenvalue weighted by Gasteiger charge is -2.27. The molecule has 0 bridgehead atoms. The molecule has 1 aliphatic rings. The van der Waals surface area contributed by atoms with Crippen molar-refractivity contribution in [3.63, 3.8) is 0 Å². The number of ether oxygens (including phenoxy) is 1. The summed E-state index contributed by atoms with van der Waals surface area (Å²) in [6.07, 6.45) is 0.859. The predicted octanol–water partition coefficient (Wildman–Crippen LogP) is 2.03. The Morgan fingerprint density at radius 1 is 1.30 bits per heavy atom. The molecule has 3 rings (SSSR count). The molecule has 1 fully saturated rings. The number of rotatable bonds is 1. The lowest BCUT2D eigenvalue weighted by atomic mass is 10.0. The summed E-state index contributed by atoms with van der Waals surface area (Å²) in [5.74, 6) is 0.392. The molecule has 20 heavy (non-hydrogen) atoms. The number of imidazole rings is 1. The Morgan fingerprint density at radius 2 is 2.05 bits per heavy atom. The Bertz CT molecular complexity index is 724. The van der Waals surface area contributed by atoms with Crippen LogP contribution in [0.15, 0.2) is 4.79 Å². The minimum atomic E-state index is -0.179.